The Labute approximate surface area is 167 Å². The van der Waals surface area contributed by atoms with Gasteiger partial charge in [0.15, 0.2) is 0 Å². The molecule has 6 heteroatoms. The molecule has 0 aliphatic heterocycles. The number of anilines is 1. The summed E-state index contributed by atoms with van der Waals surface area (Å²) in [4.78, 5) is 26.1. The van der Waals surface area contributed by atoms with Gasteiger partial charge in [0, 0.05) is 40.3 Å². The third kappa shape index (κ3) is 5.76. The molecule has 0 spiro atoms. The van der Waals surface area contributed by atoms with E-state index < -0.39 is 0 Å². The summed E-state index contributed by atoms with van der Waals surface area (Å²) in [6, 6.07) is 11.3. The van der Waals surface area contributed by atoms with Crippen LogP contribution < -0.4 is 5.32 Å². The summed E-state index contributed by atoms with van der Waals surface area (Å²) in [5.41, 5.74) is 1.49. The van der Waals surface area contributed by atoms with Crippen molar-refractivity contribution < 1.29 is 14.0 Å². The first-order chi connectivity index (χ1) is 12.8. The Morgan fingerprint density at radius 3 is 2.48 bits per heavy atom. The van der Waals surface area contributed by atoms with Gasteiger partial charge >= 0.3 is 0 Å². The summed E-state index contributed by atoms with van der Waals surface area (Å²) < 4.78 is 14.8. The lowest BCUT2D eigenvalue weighted by atomic mass is 10.1. The zero-order valence-corrected chi connectivity index (χ0v) is 16.9. The van der Waals surface area contributed by atoms with E-state index in [1.165, 1.54) is 11.0 Å². The highest BCUT2D eigenvalue weighted by atomic mass is 79.9. The number of halogens is 2. The minimum absolute atomic E-state index is 0.0903. The Morgan fingerprint density at radius 2 is 1.89 bits per heavy atom. The van der Waals surface area contributed by atoms with Crippen molar-refractivity contribution in [2.24, 2.45) is 5.92 Å². The Morgan fingerprint density at radius 1 is 1.22 bits per heavy atom. The summed E-state index contributed by atoms with van der Waals surface area (Å²) in [6.45, 7) is 7.71. The SMILES string of the molecule is C=CCN(Cc1cc(Br)ccc1F)C(=O)c1ccc(NC(=O)C(C)C)cc1. The van der Waals surface area contributed by atoms with E-state index in [1.54, 1.807) is 42.5 Å². The monoisotopic (exact) mass is 432 g/mol. The van der Waals surface area contributed by atoms with Crippen LogP contribution in [0.2, 0.25) is 0 Å². The zero-order valence-electron chi connectivity index (χ0n) is 15.3. The second-order valence-electron chi connectivity index (χ2n) is 6.43. The van der Waals surface area contributed by atoms with Crippen molar-refractivity contribution in [3.05, 3.63) is 76.5 Å². The van der Waals surface area contributed by atoms with Gasteiger partial charge in [-0.1, -0.05) is 35.9 Å². The molecule has 0 aromatic heterocycles. The first-order valence-electron chi connectivity index (χ1n) is 8.57. The lowest BCUT2D eigenvalue weighted by Gasteiger charge is -2.22. The molecule has 0 aliphatic rings. The minimum atomic E-state index is -0.369. The smallest absolute Gasteiger partial charge is 0.254 e. The van der Waals surface area contributed by atoms with E-state index in [-0.39, 0.29) is 36.6 Å². The molecule has 0 saturated carbocycles. The number of carbonyl (C=O) groups is 2. The highest BCUT2D eigenvalue weighted by Crippen LogP contribution is 2.19. The summed E-state index contributed by atoms with van der Waals surface area (Å²) in [5, 5.41) is 2.78. The van der Waals surface area contributed by atoms with Crippen LogP contribution in [-0.4, -0.2) is 23.3 Å². The average molecular weight is 433 g/mol. The summed E-state index contributed by atoms with van der Waals surface area (Å²) in [6.07, 6.45) is 1.60. The molecule has 27 heavy (non-hydrogen) atoms. The Hall–Kier alpha value is -2.47. The van der Waals surface area contributed by atoms with Gasteiger partial charge in [-0.15, -0.1) is 6.58 Å². The van der Waals surface area contributed by atoms with Crippen LogP contribution in [0.1, 0.15) is 29.8 Å². The summed E-state index contributed by atoms with van der Waals surface area (Å²) in [5.74, 6) is -0.829. The van der Waals surface area contributed by atoms with Crippen molar-refractivity contribution in [2.75, 3.05) is 11.9 Å². The molecule has 2 amide bonds. The van der Waals surface area contributed by atoms with Gasteiger partial charge in [-0.25, -0.2) is 4.39 Å². The maximum atomic E-state index is 14.1. The molecule has 0 aliphatic carbocycles. The predicted molar refractivity (Wildman–Crippen MR) is 109 cm³/mol. The molecule has 2 aromatic rings. The first-order valence-corrected chi connectivity index (χ1v) is 9.36. The van der Waals surface area contributed by atoms with Gasteiger partial charge in [0.1, 0.15) is 5.82 Å². The van der Waals surface area contributed by atoms with Crippen molar-refractivity contribution >= 4 is 33.4 Å². The standard InChI is InChI=1S/C21H22BrFN2O2/c1-4-11-25(13-16-12-17(22)7-10-19(16)23)21(27)15-5-8-18(9-6-15)24-20(26)14(2)3/h4-10,12,14H,1,11,13H2,2-3H3,(H,24,26). The largest absolute Gasteiger partial charge is 0.330 e. The van der Waals surface area contributed by atoms with Crippen LogP contribution in [0, 0.1) is 11.7 Å². The molecular weight excluding hydrogens is 411 g/mol. The normalized spacial score (nSPS) is 10.6. The molecule has 0 unspecified atom stereocenters. The fourth-order valence-corrected chi connectivity index (χ4v) is 2.82. The van der Waals surface area contributed by atoms with E-state index in [9.17, 15) is 14.0 Å². The van der Waals surface area contributed by atoms with Crippen molar-refractivity contribution in [1.82, 2.24) is 4.90 Å². The molecule has 2 rings (SSSR count). The van der Waals surface area contributed by atoms with E-state index in [0.29, 0.717) is 16.8 Å². The van der Waals surface area contributed by atoms with E-state index in [0.717, 1.165) is 4.47 Å². The van der Waals surface area contributed by atoms with Crippen LogP contribution in [0.15, 0.2) is 59.6 Å². The number of hydrogen-bond acceptors (Lipinski definition) is 2. The third-order valence-corrected chi connectivity index (χ3v) is 4.42. The average Bonchev–Trinajstić information content (AvgIpc) is 2.64. The molecule has 0 saturated heterocycles. The number of nitrogens with zero attached hydrogens (tertiary/aromatic N) is 1. The van der Waals surface area contributed by atoms with Crippen LogP contribution >= 0.6 is 15.9 Å². The Bertz CT molecular complexity index is 835. The van der Waals surface area contributed by atoms with Gasteiger partial charge < -0.3 is 10.2 Å². The molecular formula is C21H22BrFN2O2. The van der Waals surface area contributed by atoms with Crippen molar-refractivity contribution in [3.63, 3.8) is 0 Å². The molecule has 0 heterocycles. The van der Waals surface area contributed by atoms with E-state index in [4.69, 9.17) is 0 Å². The zero-order chi connectivity index (χ0) is 20.0. The highest BCUT2D eigenvalue weighted by molar-refractivity contribution is 9.10. The van der Waals surface area contributed by atoms with Crippen molar-refractivity contribution in [2.45, 2.75) is 20.4 Å². The maximum Gasteiger partial charge on any atom is 0.254 e. The molecule has 0 radical (unpaired) electrons. The van der Waals surface area contributed by atoms with Crippen LogP contribution in [0.5, 0.6) is 0 Å². The number of benzene rings is 2. The third-order valence-electron chi connectivity index (χ3n) is 3.93. The second kappa shape index (κ2) is 9.46. The van der Waals surface area contributed by atoms with Crippen LogP contribution in [0.25, 0.3) is 0 Å². The maximum absolute atomic E-state index is 14.1. The fourth-order valence-electron chi connectivity index (χ4n) is 2.41. The van der Waals surface area contributed by atoms with Gasteiger partial charge in [-0.3, -0.25) is 9.59 Å². The van der Waals surface area contributed by atoms with Crippen LogP contribution in [0.4, 0.5) is 10.1 Å². The molecule has 4 nitrogen and oxygen atoms in total. The van der Waals surface area contributed by atoms with Crippen molar-refractivity contribution in [3.8, 4) is 0 Å². The number of rotatable bonds is 7. The first kappa shape index (κ1) is 20.8. The van der Waals surface area contributed by atoms with Gasteiger partial charge in [0.05, 0.1) is 0 Å². The van der Waals surface area contributed by atoms with Crippen molar-refractivity contribution in [1.29, 1.82) is 0 Å². The summed E-state index contributed by atoms with van der Waals surface area (Å²) >= 11 is 3.32. The van der Waals surface area contributed by atoms with Crippen LogP contribution in [-0.2, 0) is 11.3 Å². The number of nitrogens with one attached hydrogen (secondary N) is 1. The Kier molecular flexibility index (Phi) is 7.30. The highest BCUT2D eigenvalue weighted by Gasteiger charge is 2.17. The Balaban J connectivity index is 2.17. The fraction of sp³-hybridized carbons (Fsp3) is 0.238. The quantitative estimate of drug-likeness (QED) is 0.624. The van der Waals surface area contributed by atoms with E-state index in [1.807, 2.05) is 13.8 Å². The predicted octanol–water partition coefficient (Wildman–Crippen LogP) is 5.01. The lowest BCUT2D eigenvalue weighted by Crippen LogP contribution is -2.31. The molecule has 2 aromatic carbocycles. The number of hydrogen-bond donors (Lipinski definition) is 1. The molecule has 142 valence electrons. The van der Waals surface area contributed by atoms with E-state index >= 15 is 0 Å². The van der Waals surface area contributed by atoms with Gasteiger partial charge in [-0.2, -0.15) is 0 Å². The topological polar surface area (TPSA) is 49.4 Å². The molecule has 0 fully saturated rings. The minimum Gasteiger partial charge on any atom is -0.330 e. The van der Waals surface area contributed by atoms with Gasteiger partial charge in [-0.05, 0) is 42.5 Å². The molecule has 0 atom stereocenters. The second-order valence-corrected chi connectivity index (χ2v) is 7.35. The number of amides is 2. The lowest BCUT2D eigenvalue weighted by molar-refractivity contribution is -0.118. The van der Waals surface area contributed by atoms with Gasteiger partial charge in [0.25, 0.3) is 5.91 Å². The van der Waals surface area contributed by atoms with Crippen LogP contribution in [0.3, 0.4) is 0 Å². The van der Waals surface area contributed by atoms with Gasteiger partial charge in [0.2, 0.25) is 5.91 Å². The summed E-state index contributed by atoms with van der Waals surface area (Å²) in [7, 11) is 0. The number of carbonyl (C=O) groups excluding carboxylic acids is 2. The molecule has 1 N–H and O–H groups in total. The molecule has 0 bridgehead atoms. The van der Waals surface area contributed by atoms with E-state index in [2.05, 4.69) is 27.8 Å².